The molecule has 0 saturated carbocycles. The minimum absolute atomic E-state index is 0.0735. The smallest absolute Gasteiger partial charge is 0.405 e. The SMILES string of the molecule is Cc1cccc(C(=O)N2CCN(Cc3ccc(C(=O)NCc4ccccc4OC(F)(F)F)s3)CC2)n1. The summed E-state index contributed by atoms with van der Waals surface area (Å²) in [5, 5.41) is 2.66. The van der Waals surface area contributed by atoms with Crippen LogP contribution in [0.15, 0.2) is 54.6 Å². The Bertz CT molecular complexity index is 1220. The number of pyridine rings is 1. The van der Waals surface area contributed by atoms with E-state index in [-0.39, 0.29) is 29.7 Å². The van der Waals surface area contributed by atoms with Gasteiger partial charge in [0.1, 0.15) is 11.4 Å². The summed E-state index contributed by atoms with van der Waals surface area (Å²) in [5.41, 5.74) is 1.48. The number of nitrogens with zero attached hydrogens (tertiary/aromatic N) is 3. The molecular weight excluding hydrogens is 493 g/mol. The van der Waals surface area contributed by atoms with Gasteiger partial charge in [-0.1, -0.05) is 24.3 Å². The van der Waals surface area contributed by atoms with Crippen molar-refractivity contribution in [3.63, 3.8) is 0 Å². The lowest BCUT2D eigenvalue weighted by Gasteiger charge is -2.34. The standard InChI is InChI=1S/C25H25F3N4O3S/c1-17-5-4-7-20(30-17)24(34)32-13-11-31(12-14-32)16-19-9-10-22(36-19)23(33)29-15-18-6-2-3-8-21(18)35-25(26,27)28/h2-10H,11-16H2,1H3,(H,29,33). The second-order valence-electron chi connectivity index (χ2n) is 8.34. The van der Waals surface area contributed by atoms with Gasteiger partial charge in [0.2, 0.25) is 0 Å². The van der Waals surface area contributed by atoms with Crippen molar-refractivity contribution in [2.45, 2.75) is 26.4 Å². The van der Waals surface area contributed by atoms with Crippen LogP contribution in [-0.2, 0) is 13.1 Å². The fourth-order valence-electron chi connectivity index (χ4n) is 3.88. The van der Waals surface area contributed by atoms with Crippen LogP contribution >= 0.6 is 11.3 Å². The number of carbonyl (C=O) groups excluding carboxylic acids is 2. The third-order valence-corrected chi connectivity index (χ3v) is 6.74. The normalized spacial score (nSPS) is 14.5. The topological polar surface area (TPSA) is 74.8 Å². The number of carbonyl (C=O) groups is 2. The molecule has 2 amide bonds. The Kier molecular flexibility index (Phi) is 7.90. The second-order valence-corrected chi connectivity index (χ2v) is 9.51. The number of para-hydroxylation sites is 1. The molecule has 190 valence electrons. The Morgan fingerprint density at radius 1 is 1.03 bits per heavy atom. The lowest BCUT2D eigenvalue weighted by molar-refractivity contribution is -0.274. The fourth-order valence-corrected chi connectivity index (χ4v) is 4.84. The largest absolute Gasteiger partial charge is 0.573 e. The first-order valence-corrected chi connectivity index (χ1v) is 12.2. The molecule has 36 heavy (non-hydrogen) atoms. The number of ether oxygens (including phenoxy) is 1. The van der Waals surface area contributed by atoms with Gasteiger partial charge in [-0.25, -0.2) is 4.98 Å². The highest BCUT2D eigenvalue weighted by atomic mass is 32.1. The van der Waals surface area contributed by atoms with E-state index in [4.69, 9.17) is 0 Å². The van der Waals surface area contributed by atoms with Gasteiger partial charge in [0.15, 0.2) is 0 Å². The zero-order chi connectivity index (χ0) is 25.7. The van der Waals surface area contributed by atoms with Crippen molar-refractivity contribution in [2.24, 2.45) is 0 Å². The molecule has 0 radical (unpaired) electrons. The molecule has 11 heteroatoms. The maximum atomic E-state index is 12.7. The van der Waals surface area contributed by atoms with Crippen molar-refractivity contribution in [1.29, 1.82) is 0 Å². The van der Waals surface area contributed by atoms with Gasteiger partial charge in [0.25, 0.3) is 11.8 Å². The second kappa shape index (κ2) is 11.1. The molecule has 0 atom stereocenters. The molecule has 3 heterocycles. The van der Waals surface area contributed by atoms with Crippen LogP contribution in [0.5, 0.6) is 5.75 Å². The van der Waals surface area contributed by atoms with Crippen LogP contribution in [0.2, 0.25) is 0 Å². The zero-order valence-electron chi connectivity index (χ0n) is 19.5. The van der Waals surface area contributed by atoms with E-state index in [9.17, 15) is 22.8 Å². The monoisotopic (exact) mass is 518 g/mol. The average molecular weight is 519 g/mol. The molecule has 1 aliphatic rings. The van der Waals surface area contributed by atoms with Crippen LogP contribution in [0.3, 0.4) is 0 Å². The van der Waals surface area contributed by atoms with Crippen LogP contribution < -0.4 is 10.1 Å². The molecule has 1 aliphatic heterocycles. The third kappa shape index (κ3) is 6.82. The van der Waals surface area contributed by atoms with Gasteiger partial charge in [-0.3, -0.25) is 14.5 Å². The summed E-state index contributed by atoms with van der Waals surface area (Å²) in [4.78, 5) is 35.0. The van der Waals surface area contributed by atoms with Gasteiger partial charge in [0.05, 0.1) is 4.88 Å². The number of thiophene rings is 1. The lowest BCUT2D eigenvalue weighted by atomic mass is 10.2. The minimum atomic E-state index is -4.81. The van der Waals surface area contributed by atoms with Crippen molar-refractivity contribution in [2.75, 3.05) is 26.2 Å². The van der Waals surface area contributed by atoms with Crippen LogP contribution in [-0.4, -0.2) is 59.1 Å². The van der Waals surface area contributed by atoms with Gasteiger partial charge >= 0.3 is 6.36 Å². The quantitative estimate of drug-likeness (QED) is 0.507. The van der Waals surface area contributed by atoms with E-state index < -0.39 is 6.36 Å². The number of aromatic nitrogens is 1. The predicted octanol–water partition coefficient (Wildman–Crippen LogP) is 4.24. The number of nitrogens with one attached hydrogen (secondary N) is 1. The number of piperazine rings is 1. The number of hydrogen-bond donors (Lipinski definition) is 1. The van der Waals surface area contributed by atoms with Gasteiger partial charge in [-0.2, -0.15) is 0 Å². The molecule has 3 aromatic rings. The van der Waals surface area contributed by atoms with Crippen LogP contribution in [0.1, 0.15) is 36.3 Å². The van der Waals surface area contributed by atoms with Crippen LogP contribution in [0, 0.1) is 6.92 Å². The van der Waals surface area contributed by atoms with Gasteiger partial charge in [-0.15, -0.1) is 24.5 Å². The molecule has 2 aromatic heterocycles. The summed E-state index contributed by atoms with van der Waals surface area (Å²) >= 11 is 1.33. The molecule has 0 aliphatic carbocycles. The molecule has 1 fully saturated rings. The number of aryl methyl sites for hydroxylation is 1. The number of alkyl halides is 3. The van der Waals surface area contributed by atoms with Gasteiger partial charge in [-0.05, 0) is 37.3 Å². The van der Waals surface area contributed by atoms with E-state index in [1.165, 1.54) is 29.5 Å². The first-order chi connectivity index (χ1) is 17.2. The Morgan fingerprint density at radius 2 is 1.78 bits per heavy atom. The highest BCUT2D eigenvalue weighted by Crippen LogP contribution is 2.26. The highest BCUT2D eigenvalue weighted by Gasteiger charge is 2.32. The van der Waals surface area contributed by atoms with Crippen molar-refractivity contribution < 1.29 is 27.5 Å². The van der Waals surface area contributed by atoms with Crippen LogP contribution in [0.25, 0.3) is 0 Å². The molecule has 1 N–H and O–H groups in total. The Morgan fingerprint density at radius 3 is 2.50 bits per heavy atom. The summed E-state index contributed by atoms with van der Waals surface area (Å²) in [6, 6.07) is 14.7. The zero-order valence-corrected chi connectivity index (χ0v) is 20.4. The maximum absolute atomic E-state index is 12.7. The number of halogens is 3. The maximum Gasteiger partial charge on any atom is 0.573 e. The highest BCUT2D eigenvalue weighted by molar-refractivity contribution is 7.14. The van der Waals surface area contributed by atoms with Crippen molar-refractivity contribution in [3.8, 4) is 5.75 Å². The number of amides is 2. The summed E-state index contributed by atoms with van der Waals surface area (Å²) in [6.07, 6.45) is -4.81. The molecule has 0 spiro atoms. The summed E-state index contributed by atoms with van der Waals surface area (Å²) in [6.45, 7) is 4.99. The first kappa shape index (κ1) is 25.6. The molecule has 7 nitrogen and oxygen atoms in total. The summed E-state index contributed by atoms with van der Waals surface area (Å²) < 4.78 is 41.8. The van der Waals surface area contributed by atoms with Crippen molar-refractivity contribution >= 4 is 23.2 Å². The molecule has 0 unspecified atom stereocenters. The summed E-state index contributed by atoms with van der Waals surface area (Å²) in [5.74, 6) is -0.780. The first-order valence-electron chi connectivity index (χ1n) is 11.3. The fraction of sp³-hybridized carbons (Fsp3) is 0.320. The molecule has 1 aromatic carbocycles. The average Bonchev–Trinajstić information content (AvgIpc) is 3.31. The van der Waals surface area contributed by atoms with Crippen LogP contribution in [0.4, 0.5) is 13.2 Å². The Balaban J connectivity index is 1.27. The van der Waals surface area contributed by atoms with Gasteiger partial charge in [0, 0.05) is 55.4 Å². The molecule has 0 bridgehead atoms. The van der Waals surface area contributed by atoms with E-state index in [1.807, 2.05) is 25.1 Å². The summed E-state index contributed by atoms with van der Waals surface area (Å²) in [7, 11) is 0. The van der Waals surface area contributed by atoms with E-state index in [0.29, 0.717) is 43.3 Å². The minimum Gasteiger partial charge on any atom is -0.405 e. The number of benzene rings is 1. The van der Waals surface area contributed by atoms with E-state index in [0.717, 1.165) is 10.6 Å². The van der Waals surface area contributed by atoms with Crippen molar-refractivity contribution in [3.05, 3.63) is 81.3 Å². The number of rotatable bonds is 7. The Labute approximate surface area is 210 Å². The molecule has 1 saturated heterocycles. The number of hydrogen-bond acceptors (Lipinski definition) is 6. The van der Waals surface area contributed by atoms with Crippen molar-refractivity contribution in [1.82, 2.24) is 20.1 Å². The van der Waals surface area contributed by atoms with E-state index >= 15 is 0 Å². The molecule has 4 rings (SSSR count). The Hall–Kier alpha value is -3.44. The van der Waals surface area contributed by atoms with Gasteiger partial charge < -0.3 is 15.0 Å². The van der Waals surface area contributed by atoms with E-state index in [1.54, 1.807) is 23.1 Å². The lowest BCUT2D eigenvalue weighted by Crippen LogP contribution is -2.48. The predicted molar refractivity (Wildman–Crippen MR) is 129 cm³/mol. The molecular formula is C25H25F3N4O3S. The van der Waals surface area contributed by atoms with E-state index in [2.05, 4.69) is 19.9 Å². The third-order valence-electron chi connectivity index (χ3n) is 5.67.